The van der Waals surface area contributed by atoms with Gasteiger partial charge in [-0.2, -0.15) is 0 Å². The Labute approximate surface area is 118 Å². The van der Waals surface area contributed by atoms with Crippen molar-refractivity contribution in [1.29, 1.82) is 0 Å². The first-order valence-electron chi connectivity index (χ1n) is 6.73. The lowest BCUT2D eigenvalue weighted by Gasteiger charge is -2.36. The predicted octanol–water partition coefficient (Wildman–Crippen LogP) is 1.09. The molecule has 1 aliphatic rings. The zero-order valence-corrected chi connectivity index (χ0v) is 11.5. The van der Waals surface area contributed by atoms with Crippen LogP contribution in [-0.4, -0.2) is 41.1 Å². The van der Waals surface area contributed by atoms with E-state index >= 15 is 0 Å². The summed E-state index contributed by atoms with van der Waals surface area (Å²) in [5.74, 6) is 2.38. The van der Waals surface area contributed by atoms with Crippen LogP contribution in [0.25, 0.3) is 0 Å². The van der Waals surface area contributed by atoms with Gasteiger partial charge in [-0.3, -0.25) is 0 Å². The molecule has 1 aliphatic heterocycles. The second kappa shape index (κ2) is 5.32. The third kappa shape index (κ3) is 2.64. The number of pyridine rings is 1. The molecule has 6 heteroatoms. The van der Waals surface area contributed by atoms with Gasteiger partial charge in [0, 0.05) is 32.4 Å². The van der Waals surface area contributed by atoms with Crippen LogP contribution in [0.5, 0.6) is 0 Å². The highest BCUT2D eigenvalue weighted by Gasteiger charge is 2.18. The number of anilines is 3. The second-order valence-electron chi connectivity index (χ2n) is 4.88. The van der Waals surface area contributed by atoms with E-state index in [9.17, 15) is 0 Å². The van der Waals surface area contributed by atoms with Crippen LogP contribution in [0.2, 0.25) is 0 Å². The molecule has 20 heavy (non-hydrogen) atoms. The number of aryl methyl sites for hydroxylation is 1. The van der Waals surface area contributed by atoms with Crippen molar-refractivity contribution in [3.63, 3.8) is 0 Å². The average Bonchev–Trinajstić information content (AvgIpc) is 2.48. The van der Waals surface area contributed by atoms with Crippen molar-refractivity contribution >= 4 is 17.3 Å². The molecule has 3 heterocycles. The zero-order valence-electron chi connectivity index (χ0n) is 11.5. The number of hydrogen-bond acceptors (Lipinski definition) is 6. The summed E-state index contributed by atoms with van der Waals surface area (Å²) >= 11 is 0. The number of piperazine rings is 1. The summed E-state index contributed by atoms with van der Waals surface area (Å²) < 4.78 is 0. The Hall–Kier alpha value is -2.37. The van der Waals surface area contributed by atoms with Crippen molar-refractivity contribution in [1.82, 2.24) is 15.0 Å². The monoisotopic (exact) mass is 270 g/mol. The molecule has 0 bridgehead atoms. The third-order valence-corrected chi connectivity index (χ3v) is 3.50. The zero-order chi connectivity index (χ0) is 13.9. The Morgan fingerprint density at radius 1 is 1.00 bits per heavy atom. The van der Waals surface area contributed by atoms with Gasteiger partial charge in [0.2, 0.25) is 0 Å². The van der Waals surface area contributed by atoms with Crippen LogP contribution < -0.4 is 15.5 Å². The lowest BCUT2D eigenvalue weighted by atomic mass is 10.2. The van der Waals surface area contributed by atoms with E-state index in [1.807, 2.05) is 37.5 Å². The first-order chi connectivity index (χ1) is 9.72. The second-order valence-corrected chi connectivity index (χ2v) is 4.88. The van der Waals surface area contributed by atoms with Crippen molar-refractivity contribution in [2.45, 2.75) is 6.92 Å². The summed E-state index contributed by atoms with van der Waals surface area (Å²) in [7, 11) is 0. The van der Waals surface area contributed by atoms with Crippen LogP contribution in [0.15, 0.2) is 30.6 Å². The van der Waals surface area contributed by atoms with Gasteiger partial charge in [0.05, 0.1) is 11.9 Å². The van der Waals surface area contributed by atoms with Crippen LogP contribution >= 0.6 is 0 Å². The van der Waals surface area contributed by atoms with Crippen molar-refractivity contribution < 1.29 is 0 Å². The summed E-state index contributed by atoms with van der Waals surface area (Å²) in [5.41, 5.74) is 6.74. The summed E-state index contributed by atoms with van der Waals surface area (Å²) in [5, 5.41) is 0. The maximum Gasteiger partial charge on any atom is 0.132 e. The van der Waals surface area contributed by atoms with Gasteiger partial charge < -0.3 is 15.5 Å². The van der Waals surface area contributed by atoms with E-state index < -0.39 is 0 Å². The SMILES string of the molecule is Cc1nccc(N2CCN(c3ccc(N)nc3)CC2)n1. The molecule has 3 rings (SSSR count). The Kier molecular flexibility index (Phi) is 3.37. The molecule has 0 spiro atoms. The van der Waals surface area contributed by atoms with Crippen LogP contribution in [0.3, 0.4) is 0 Å². The molecular weight excluding hydrogens is 252 g/mol. The molecular formula is C14H18N6. The highest BCUT2D eigenvalue weighted by Crippen LogP contribution is 2.18. The molecule has 0 unspecified atom stereocenters. The minimum atomic E-state index is 0.559. The topological polar surface area (TPSA) is 71.2 Å². The molecule has 2 aromatic heterocycles. The van der Waals surface area contributed by atoms with E-state index in [1.54, 1.807) is 0 Å². The summed E-state index contributed by atoms with van der Waals surface area (Å²) in [4.78, 5) is 17.4. The van der Waals surface area contributed by atoms with E-state index in [2.05, 4.69) is 24.8 Å². The molecule has 2 aromatic rings. The fourth-order valence-corrected chi connectivity index (χ4v) is 2.40. The van der Waals surface area contributed by atoms with Crippen molar-refractivity contribution in [2.75, 3.05) is 41.7 Å². The first-order valence-corrected chi connectivity index (χ1v) is 6.73. The van der Waals surface area contributed by atoms with Crippen molar-refractivity contribution in [2.24, 2.45) is 0 Å². The minimum absolute atomic E-state index is 0.559. The number of aromatic nitrogens is 3. The maximum absolute atomic E-state index is 5.62. The van der Waals surface area contributed by atoms with Gasteiger partial charge in [0.15, 0.2) is 0 Å². The van der Waals surface area contributed by atoms with E-state index in [0.717, 1.165) is 43.5 Å². The average molecular weight is 270 g/mol. The van der Waals surface area contributed by atoms with Crippen LogP contribution in [0.4, 0.5) is 17.3 Å². The number of nitrogens with two attached hydrogens (primary N) is 1. The minimum Gasteiger partial charge on any atom is -0.384 e. The van der Waals surface area contributed by atoms with E-state index in [1.165, 1.54) is 0 Å². The van der Waals surface area contributed by atoms with Gasteiger partial charge in [0.25, 0.3) is 0 Å². The number of rotatable bonds is 2. The van der Waals surface area contributed by atoms with Crippen LogP contribution in [0, 0.1) is 6.92 Å². The Balaban J connectivity index is 1.66. The van der Waals surface area contributed by atoms with Gasteiger partial charge in [-0.05, 0) is 25.1 Å². The fraction of sp³-hybridized carbons (Fsp3) is 0.357. The molecule has 0 saturated carbocycles. The summed E-state index contributed by atoms with van der Waals surface area (Å²) in [6.45, 7) is 5.71. The Morgan fingerprint density at radius 2 is 1.75 bits per heavy atom. The quantitative estimate of drug-likeness (QED) is 0.880. The maximum atomic E-state index is 5.62. The molecule has 0 aliphatic carbocycles. The summed E-state index contributed by atoms with van der Waals surface area (Å²) in [6.07, 6.45) is 3.65. The fourth-order valence-electron chi connectivity index (χ4n) is 2.40. The van der Waals surface area contributed by atoms with Crippen LogP contribution in [0.1, 0.15) is 5.82 Å². The molecule has 0 amide bonds. The number of nitrogens with zero attached hydrogens (tertiary/aromatic N) is 5. The predicted molar refractivity (Wildman–Crippen MR) is 79.8 cm³/mol. The molecule has 0 atom stereocenters. The standard InChI is InChI=1S/C14H18N6/c1-11-16-5-4-14(18-11)20-8-6-19(7-9-20)12-2-3-13(15)17-10-12/h2-5,10H,6-9H2,1H3,(H2,15,17). The Morgan fingerprint density at radius 3 is 2.40 bits per heavy atom. The van der Waals surface area contributed by atoms with Gasteiger partial charge in [-0.1, -0.05) is 0 Å². The molecule has 1 fully saturated rings. The molecule has 0 radical (unpaired) electrons. The normalized spacial score (nSPS) is 15.4. The van der Waals surface area contributed by atoms with E-state index in [4.69, 9.17) is 5.73 Å². The van der Waals surface area contributed by atoms with Gasteiger partial charge in [-0.15, -0.1) is 0 Å². The summed E-state index contributed by atoms with van der Waals surface area (Å²) in [6, 6.07) is 5.83. The van der Waals surface area contributed by atoms with E-state index in [0.29, 0.717) is 5.82 Å². The smallest absolute Gasteiger partial charge is 0.132 e. The largest absolute Gasteiger partial charge is 0.384 e. The van der Waals surface area contributed by atoms with Gasteiger partial charge in [-0.25, -0.2) is 15.0 Å². The van der Waals surface area contributed by atoms with Gasteiger partial charge >= 0.3 is 0 Å². The van der Waals surface area contributed by atoms with Crippen LogP contribution in [-0.2, 0) is 0 Å². The molecule has 104 valence electrons. The van der Waals surface area contributed by atoms with Gasteiger partial charge in [0.1, 0.15) is 17.5 Å². The highest BCUT2D eigenvalue weighted by molar-refractivity contribution is 5.50. The lowest BCUT2D eigenvalue weighted by molar-refractivity contribution is 0.645. The molecule has 2 N–H and O–H groups in total. The van der Waals surface area contributed by atoms with E-state index in [-0.39, 0.29) is 0 Å². The number of nitrogen functional groups attached to an aromatic ring is 1. The van der Waals surface area contributed by atoms with Crippen molar-refractivity contribution in [3.8, 4) is 0 Å². The highest BCUT2D eigenvalue weighted by atomic mass is 15.3. The first kappa shape index (κ1) is 12.7. The molecule has 0 aromatic carbocycles. The molecule has 6 nitrogen and oxygen atoms in total. The third-order valence-electron chi connectivity index (χ3n) is 3.50. The van der Waals surface area contributed by atoms with Crippen molar-refractivity contribution in [3.05, 3.63) is 36.4 Å². The lowest BCUT2D eigenvalue weighted by Crippen LogP contribution is -2.46. The molecule has 1 saturated heterocycles. The Bertz CT molecular complexity index is 574. The number of hydrogen-bond donors (Lipinski definition) is 1.